The number of hydrogen-bond acceptors (Lipinski definition) is 5. The molecule has 0 bridgehead atoms. The molecule has 0 unspecified atom stereocenters. The third-order valence-corrected chi connectivity index (χ3v) is 6.67. The van der Waals surface area contributed by atoms with Gasteiger partial charge in [-0.2, -0.15) is 0 Å². The molecular formula is C29H35N3O3. The van der Waals surface area contributed by atoms with Gasteiger partial charge in [0.05, 0.1) is 6.04 Å². The van der Waals surface area contributed by atoms with Crippen LogP contribution in [-0.4, -0.2) is 40.8 Å². The molecule has 1 aliphatic rings. The molecule has 35 heavy (non-hydrogen) atoms. The third kappa shape index (κ3) is 6.08. The molecule has 0 aliphatic carbocycles. The molecule has 6 heteroatoms. The molecule has 1 aromatic heterocycles. The van der Waals surface area contributed by atoms with E-state index in [1.807, 2.05) is 38.1 Å². The number of aliphatic hydroxyl groups is 1. The Morgan fingerprint density at radius 2 is 1.63 bits per heavy atom. The van der Waals surface area contributed by atoms with E-state index in [1.165, 1.54) is 11.1 Å². The van der Waals surface area contributed by atoms with Crippen molar-refractivity contribution in [3.05, 3.63) is 94.8 Å². The molecule has 0 saturated carbocycles. The molecule has 0 radical (unpaired) electrons. The number of fused-ring (bicyclic) bond motifs is 1. The fourth-order valence-electron chi connectivity index (χ4n) is 4.45. The summed E-state index contributed by atoms with van der Waals surface area (Å²) < 4.78 is 6.10. The van der Waals surface area contributed by atoms with Crippen LogP contribution in [0.4, 0.5) is 0 Å². The van der Waals surface area contributed by atoms with Gasteiger partial charge in [0.15, 0.2) is 0 Å². The third-order valence-electron chi connectivity index (χ3n) is 6.67. The van der Waals surface area contributed by atoms with E-state index in [0.29, 0.717) is 24.4 Å². The second-order valence-electron chi connectivity index (χ2n) is 9.62. The molecule has 2 aromatic carbocycles. The maximum absolute atomic E-state index is 12.8. The first-order valence-corrected chi connectivity index (χ1v) is 12.4. The van der Waals surface area contributed by atoms with E-state index < -0.39 is 11.7 Å². The maximum atomic E-state index is 12.8. The summed E-state index contributed by atoms with van der Waals surface area (Å²) in [5.74, 6) is 0.550. The van der Waals surface area contributed by atoms with Crippen molar-refractivity contribution in [2.24, 2.45) is 0 Å². The lowest BCUT2D eigenvalue weighted by atomic mass is 9.85. The predicted octanol–water partition coefficient (Wildman–Crippen LogP) is 4.02. The van der Waals surface area contributed by atoms with Crippen molar-refractivity contribution >= 4 is 5.91 Å². The summed E-state index contributed by atoms with van der Waals surface area (Å²) in [6.45, 7) is 7.16. The quantitative estimate of drug-likeness (QED) is 0.437. The highest BCUT2D eigenvalue weighted by Gasteiger charge is 2.42. The number of hydrogen-bond donors (Lipinski definition) is 3. The van der Waals surface area contributed by atoms with E-state index in [0.717, 1.165) is 30.4 Å². The molecule has 2 atom stereocenters. The lowest BCUT2D eigenvalue weighted by Gasteiger charge is -2.42. The summed E-state index contributed by atoms with van der Waals surface area (Å²) in [6.07, 6.45) is 5.35. The van der Waals surface area contributed by atoms with E-state index in [-0.39, 0.29) is 11.9 Å². The number of amides is 1. The molecule has 1 amide bonds. The fourth-order valence-corrected chi connectivity index (χ4v) is 4.45. The SMILES string of the molecule is CCc1ccc(CCN[C@@H]2c3cc(C(=O)NCCc4ccncc4)ccc3OC(C)(C)[C@H]2O)cc1. The van der Waals surface area contributed by atoms with Gasteiger partial charge in [-0.05, 0) is 86.7 Å². The summed E-state index contributed by atoms with van der Waals surface area (Å²) in [7, 11) is 0. The van der Waals surface area contributed by atoms with Crippen LogP contribution in [0.15, 0.2) is 67.0 Å². The molecule has 6 nitrogen and oxygen atoms in total. The Labute approximate surface area is 207 Å². The standard InChI is InChI=1S/C29H35N3O3/c1-4-20-5-7-21(8-6-20)13-17-31-26-24-19-23(9-10-25(24)35-29(2,3)27(26)33)28(34)32-18-14-22-11-15-30-16-12-22/h5-12,15-16,19,26-27,31,33H,4,13-14,17-18H2,1-3H3,(H,32,34)/t26-,27+/m1/s1. The molecule has 0 spiro atoms. The lowest BCUT2D eigenvalue weighted by molar-refractivity contribution is -0.0644. The Morgan fingerprint density at radius 3 is 2.34 bits per heavy atom. The number of ether oxygens (including phenoxy) is 1. The zero-order valence-electron chi connectivity index (χ0n) is 20.8. The van der Waals surface area contributed by atoms with Gasteiger partial charge in [-0.3, -0.25) is 9.78 Å². The number of carbonyl (C=O) groups excluding carboxylic acids is 1. The summed E-state index contributed by atoms with van der Waals surface area (Å²) in [5, 5.41) is 17.6. The molecular weight excluding hydrogens is 438 g/mol. The van der Waals surface area contributed by atoms with Gasteiger partial charge in [-0.1, -0.05) is 31.2 Å². The van der Waals surface area contributed by atoms with Crippen LogP contribution in [0.1, 0.15) is 59.4 Å². The Bertz CT molecular complexity index is 1130. The number of aliphatic hydroxyl groups excluding tert-OH is 1. The van der Waals surface area contributed by atoms with E-state index in [1.54, 1.807) is 18.5 Å². The van der Waals surface area contributed by atoms with Crippen molar-refractivity contribution in [2.45, 2.75) is 57.8 Å². The minimum atomic E-state index is -0.762. The highest BCUT2D eigenvalue weighted by Crippen LogP contribution is 2.40. The largest absolute Gasteiger partial charge is 0.485 e. The first-order valence-electron chi connectivity index (χ1n) is 12.4. The van der Waals surface area contributed by atoms with Crippen LogP contribution in [-0.2, 0) is 19.3 Å². The fraction of sp³-hybridized carbons (Fsp3) is 0.379. The van der Waals surface area contributed by atoms with Gasteiger partial charge in [0, 0.05) is 30.1 Å². The van der Waals surface area contributed by atoms with Crippen molar-refractivity contribution in [1.29, 1.82) is 0 Å². The minimum Gasteiger partial charge on any atom is -0.485 e. The predicted molar refractivity (Wildman–Crippen MR) is 138 cm³/mol. The van der Waals surface area contributed by atoms with Gasteiger partial charge in [0.25, 0.3) is 5.91 Å². The van der Waals surface area contributed by atoms with Crippen LogP contribution in [0.2, 0.25) is 0 Å². The number of rotatable bonds is 9. The summed E-state index contributed by atoms with van der Waals surface area (Å²) >= 11 is 0. The number of pyridine rings is 1. The Hall–Kier alpha value is -3.22. The highest BCUT2D eigenvalue weighted by molar-refractivity contribution is 5.94. The van der Waals surface area contributed by atoms with E-state index in [4.69, 9.17) is 4.74 Å². The number of aromatic nitrogens is 1. The zero-order chi connectivity index (χ0) is 24.8. The number of carbonyl (C=O) groups is 1. The lowest BCUT2D eigenvalue weighted by Crippen LogP contribution is -2.52. The first-order chi connectivity index (χ1) is 16.9. The smallest absolute Gasteiger partial charge is 0.251 e. The number of nitrogens with zero attached hydrogens (tertiary/aromatic N) is 1. The molecule has 0 fully saturated rings. The Kier molecular flexibility index (Phi) is 7.83. The van der Waals surface area contributed by atoms with Crippen LogP contribution in [0, 0.1) is 0 Å². The van der Waals surface area contributed by atoms with Crippen LogP contribution >= 0.6 is 0 Å². The van der Waals surface area contributed by atoms with E-state index in [2.05, 4.69) is 46.8 Å². The zero-order valence-corrected chi connectivity index (χ0v) is 20.8. The van der Waals surface area contributed by atoms with Crippen LogP contribution in [0.25, 0.3) is 0 Å². The molecule has 184 valence electrons. The minimum absolute atomic E-state index is 0.143. The number of nitrogens with one attached hydrogen (secondary N) is 2. The number of benzene rings is 2. The summed E-state index contributed by atoms with van der Waals surface area (Å²) in [6, 6.07) is 17.6. The molecule has 1 aliphatic heterocycles. The molecule has 3 aromatic rings. The van der Waals surface area contributed by atoms with Crippen molar-refractivity contribution in [2.75, 3.05) is 13.1 Å². The van der Waals surface area contributed by atoms with Crippen LogP contribution < -0.4 is 15.4 Å². The van der Waals surface area contributed by atoms with E-state index in [9.17, 15) is 9.90 Å². The van der Waals surface area contributed by atoms with E-state index >= 15 is 0 Å². The van der Waals surface area contributed by atoms with Crippen molar-refractivity contribution in [1.82, 2.24) is 15.6 Å². The molecule has 4 rings (SSSR count). The Morgan fingerprint density at radius 1 is 0.971 bits per heavy atom. The maximum Gasteiger partial charge on any atom is 0.251 e. The van der Waals surface area contributed by atoms with Crippen molar-refractivity contribution in [3.63, 3.8) is 0 Å². The average Bonchev–Trinajstić information content (AvgIpc) is 2.87. The van der Waals surface area contributed by atoms with Crippen molar-refractivity contribution in [3.8, 4) is 5.75 Å². The molecule has 3 N–H and O–H groups in total. The van der Waals surface area contributed by atoms with Gasteiger partial charge in [0.2, 0.25) is 0 Å². The second kappa shape index (κ2) is 11.0. The number of aryl methyl sites for hydroxylation is 1. The highest BCUT2D eigenvalue weighted by atomic mass is 16.5. The topological polar surface area (TPSA) is 83.5 Å². The molecule has 2 heterocycles. The van der Waals surface area contributed by atoms with Crippen molar-refractivity contribution < 1.29 is 14.6 Å². The monoisotopic (exact) mass is 473 g/mol. The van der Waals surface area contributed by atoms with Gasteiger partial charge in [0.1, 0.15) is 17.5 Å². The second-order valence-corrected chi connectivity index (χ2v) is 9.62. The van der Waals surface area contributed by atoms with Crippen LogP contribution in [0.5, 0.6) is 5.75 Å². The Balaban J connectivity index is 1.44. The van der Waals surface area contributed by atoms with Gasteiger partial charge >= 0.3 is 0 Å². The average molecular weight is 474 g/mol. The molecule has 0 saturated heterocycles. The summed E-state index contributed by atoms with van der Waals surface area (Å²) in [5.41, 5.74) is 4.30. The van der Waals surface area contributed by atoms with Gasteiger partial charge < -0.3 is 20.5 Å². The summed E-state index contributed by atoms with van der Waals surface area (Å²) in [4.78, 5) is 16.9. The van der Waals surface area contributed by atoms with Crippen LogP contribution in [0.3, 0.4) is 0 Å². The van der Waals surface area contributed by atoms with Gasteiger partial charge in [-0.25, -0.2) is 0 Å². The van der Waals surface area contributed by atoms with Gasteiger partial charge in [-0.15, -0.1) is 0 Å². The first kappa shape index (κ1) is 24.9. The normalized spacial score (nSPS) is 18.4.